The van der Waals surface area contributed by atoms with Crippen molar-refractivity contribution in [2.75, 3.05) is 7.11 Å². The standard InChI is InChI=1S/C22H20N2O4/c1-27-20-11-10-17(12-21(20)28-15-16-6-3-2-4-7-16)14-23-24-22(26)18-8-5-9-19(25)13-18/h2-14,25H,15H2,1H3,(H,24,26). The molecule has 0 bridgehead atoms. The summed E-state index contributed by atoms with van der Waals surface area (Å²) in [5.74, 6) is 0.791. The van der Waals surface area contributed by atoms with Gasteiger partial charge in [0.25, 0.3) is 5.91 Å². The average molecular weight is 376 g/mol. The first-order valence-electron chi connectivity index (χ1n) is 8.63. The zero-order valence-corrected chi connectivity index (χ0v) is 15.3. The van der Waals surface area contributed by atoms with E-state index in [4.69, 9.17) is 9.47 Å². The number of rotatable bonds is 7. The number of amides is 1. The van der Waals surface area contributed by atoms with Crippen LogP contribution in [0, 0.1) is 0 Å². The Morgan fingerprint density at radius 1 is 1.04 bits per heavy atom. The molecule has 0 saturated heterocycles. The Morgan fingerprint density at radius 2 is 1.86 bits per heavy atom. The van der Waals surface area contributed by atoms with Gasteiger partial charge in [0.1, 0.15) is 12.4 Å². The van der Waals surface area contributed by atoms with Gasteiger partial charge in [-0.25, -0.2) is 5.43 Å². The molecular weight excluding hydrogens is 356 g/mol. The molecule has 0 aliphatic rings. The molecule has 0 spiro atoms. The van der Waals surface area contributed by atoms with Crippen molar-refractivity contribution in [2.45, 2.75) is 6.61 Å². The Hall–Kier alpha value is -3.80. The van der Waals surface area contributed by atoms with Crippen LogP contribution in [-0.4, -0.2) is 24.3 Å². The highest BCUT2D eigenvalue weighted by molar-refractivity contribution is 5.95. The number of ether oxygens (including phenoxy) is 2. The maximum Gasteiger partial charge on any atom is 0.271 e. The van der Waals surface area contributed by atoms with Crippen molar-refractivity contribution in [3.63, 3.8) is 0 Å². The maximum atomic E-state index is 12.0. The number of carbonyl (C=O) groups excluding carboxylic acids is 1. The van der Waals surface area contributed by atoms with Crippen LogP contribution in [0.1, 0.15) is 21.5 Å². The Labute approximate surface area is 163 Å². The summed E-state index contributed by atoms with van der Waals surface area (Å²) < 4.78 is 11.2. The summed E-state index contributed by atoms with van der Waals surface area (Å²) in [5, 5.41) is 13.4. The Balaban J connectivity index is 1.66. The van der Waals surface area contributed by atoms with E-state index in [0.29, 0.717) is 23.7 Å². The van der Waals surface area contributed by atoms with E-state index < -0.39 is 5.91 Å². The van der Waals surface area contributed by atoms with Gasteiger partial charge in [-0.05, 0) is 47.5 Å². The van der Waals surface area contributed by atoms with E-state index in [-0.39, 0.29) is 5.75 Å². The zero-order valence-electron chi connectivity index (χ0n) is 15.3. The number of phenols is 1. The first kappa shape index (κ1) is 19.0. The number of hydrazone groups is 1. The fraction of sp³-hybridized carbons (Fsp3) is 0.0909. The number of benzene rings is 3. The number of aromatic hydroxyl groups is 1. The lowest BCUT2D eigenvalue weighted by Crippen LogP contribution is -2.17. The molecule has 2 N–H and O–H groups in total. The molecule has 0 aliphatic carbocycles. The number of hydrogen-bond acceptors (Lipinski definition) is 5. The van der Waals surface area contributed by atoms with Crippen LogP contribution >= 0.6 is 0 Å². The summed E-state index contributed by atoms with van der Waals surface area (Å²) in [6, 6.07) is 21.2. The molecule has 0 atom stereocenters. The van der Waals surface area contributed by atoms with E-state index in [1.54, 1.807) is 37.4 Å². The molecule has 1 amide bonds. The highest BCUT2D eigenvalue weighted by atomic mass is 16.5. The molecule has 0 fully saturated rings. The number of nitrogens with one attached hydrogen (secondary N) is 1. The van der Waals surface area contributed by atoms with Crippen molar-refractivity contribution in [1.29, 1.82) is 0 Å². The summed E-state index contributed by atoms with van der Waals surface area (Å²) in [6.07, 6.45) is 1.51. The molecule has 6 nitrogen and oxygen atoms in total. The van der Waals surface area contributed by atoms with E-state index in [1.807, 2.05) is 30.3 Å². The lowest BCUT2D eigenvalue weighted by Gasteiger charge is -2.11. The third-order valence-electron chi connectivity index (χ3n) is 3.91. The van der Waals surface area contributed by atoms with Crippen molar-refractivity contribution in [3.05, 3.63) is 89.5 Å². The lowest BCUT2D eigenvalue weighted by atomic mass is 10.2. The number of carbonyl (C=O) groups is 1. The van der Waals surface area contributed by atoms with Crippen molar-refractivity contribution in [2.24, 2.45) is 5.10 Å². The summed E-state index contributed by atoms with van der Waals surface area (Å²) in [4.78, 5) is 12.0. The summed E-state index contributed by atoms with van der Waals surface area (Å²) in [5.41, 5.74) is 4.53. The first-order valence-corrected chi connectivity index (χ1v) is 8.63. The Kier molecular flexibility index (Phi) is 6.25. The Bertz CT molecular complexity index is 971. The van der Waals surface area contributed by atoms with E-state index >= 15 is 0 Å². The SMILES string of the molecule is COc1ccc(C=NNC(=O)c2cccc(O)c2)cc1OCc1ccccc1. The van der Waals surface area contributed by atoms with Crippen LogP contribution in [-0.2, 0) is 6.61 Å². The fourth-order valence-corrected chi connectivity index (χ4v) is 2.50. The third kappa shape index (κ3) is 5.11. The normalized spacial score (nSPS) is 10.6. The van der Waals surface area contributed by atoms with Gasteiger partial charge in [0.2, 0.25) is 0 Å². The minimum atomic E-state index is -0.416. The van der Waals surface area contributed by atoms with E-state index in [0.717, 1.165) is 11.1 Å². The fourth-order valence-electron chi connectivity index (χ4n) is 2.50. The quantitative estimate of drug-likeness (QED) is 0.486. The van der Waals surface area contributed by atoms with Crippen LogP contribution in [0.15, 0.2) is 77.9 Å². The van der Waals surface area contributed by atoms with Gasteiger partial charge in [0.15, 0.2) is 11.5 Å². The molecular formula is C22H20N2O4. The molecule has 3 aromatic rings. The minimum absolute atomic E-state index is 0.0204. The molecule has 6 heteroatoms. The molecule has 3 aromatic carbocycles. The largest absolute Gasteiger partial charge is 0.508 e. The zero-order chi connectivity index (χ0) is 19.8. The third-order valence-corrected chi connectivity index (χ3v) is 3.91. The van der Waals surface area contributed by atoms with Crippen LogP contribution < -0.4 is 14.9 Å². The van der Waals surface area contributed by atoms with Crippen molar-refractivity contribution >= 4 is 12.1 Å². The van der Waals surface area contributed by atoms with Gasteiger partial charge in [-0.2, -0.15) is 5.10 Å². The summed E-state index contributed by atoms with van der Waals surface area (Å²) in [7, 11) is 1.58. The highest BCUT2D eigenvalue weighted by Crippen LogP contribution is 2.28. The second kappa shape index (κ2) is 9.23. The Morgan fingerprint density at radius 3 is 2.61 bits per heavy atom. The van der Waals surface area contributed by atoms with Crippen molar-refractivity contribution < 1.29 is 19.4 Å². The first-order chi connectivity index (χ1) is 13.7. The van der Waals surface area contributed by atoms with Gasteiger partial charge in [-0.3, -0.25) is 4.79 Å². The molecule has 3 rings (SSSR count). The van der Waals surface area contributed by atoms with Crippen LogP contribution in [0.2, 0.25) is 0 Å². The molecule has 28 heavy (non-hydrogen) atoms. The molecule has 0 unspecified atom stereocenters. The van der Waals surface area contributed by atoms with Gasteiger partial charge in [-0.15, -0.1) is 0 Å². The van der Waals surface area contributed by atoms with Gasteiger partial charge in [0, 0.05) is 5.56 Å². The number of nitrogens with zero attached hydrogens (tertiary/aromatic N) is 1. The average Bonchev–Trinajstić information content (AvgIpc) is 2.73. The van der Waals surface area contributed by atoms with Crippen LogP contribution in [0.4, 0.5) is 0 Å². The van der Waals surface area contributed by atoms with Crippen LogP contribution in [0.5, 0.6) is 17.2 Å². The second-order valence-electron chi connectivity index (χ2n) is 5.93. The lowest BCUT2D eigenvalue weighted by molar-refractivity contribution is 0.0954. The maximum absolute atomic E-state index is 12.0. The summed E-state index contributed by atoms with van der Waals surface area (Å²) >= 11 is 0. The predicted octanol–water partition coefficient (Wildman–Crippen LogP) is 3.74. The second-order valence-corrected chi connectivity index (χ2v) is 5.93. The van der Waals surface area contributed by atoms with Crippen LogP contribution in [0.3, 0.4) is 0 Å². The molecule has 0 aromatic heterocycles. The molecule has 0 radical (unpaired) electrons. The smallest absolute Gasteiger partial charge is 0.271 e. The molecule has 142 valence electrons. The number of methoxy groups -OCH3 is 1. The molecule has 0 heterocycles. The van der Waals surface area contributed by atoms with E-state index in [2.05, 4.69) is 10.5 Å². The predicted molar refractivity (Wildman–Crippen MR) is 107 cm³/mol. The van der Waals surface area contributed by atoms with Crippen LogP contribution in [0.25, 0.3) is 0 Å². The van der Waals surface area contributed by atoms with Gasteiger partial charge in [0.05, 0.1) is 13.3 Å². The van der Waals surface area contributed by atoms with Gasteiger partial charge < -0.3 is 14.6 Å². The highest BCUT2D eigenvalue weighted by Gasteiger charge is 2.07. The number of phenolic OH excluding ortho intramolecular Hbond substituents is 1. The van der Waals surface area contributed by atoms with Crippen molar-refractivity contribution in [3.8, 4) is 17.2 Å². The van der Waals surface area contributed by atoms with Crippen molar-refractivity contribution in [1.82, 2.24) is 5.43 Å². The minimum Gasteiger partial charge on any atom is -0.508 e. The molecule has 0 saturated carbocycles. The monoisotopic (exact) mass is 376 g/mol. The van der Waals surface area contributed by atoms with Gasteiger partial charge >= 0.3 is 0 Å². The molecule has 0 aliphatic heterocycles. The topological polar surface area (TPSA) is 80.2 Å². The number of hydrogen-bond donors (Lipinski definition) is 2. The van der Waals surface area contributed by atoms with E-state index in [9.17, 15) is 9.90 Å². The van der Waals surface area contributed by atoms with Gasteiger partial charge in [-0.1, -0.05) is 36.4 Å². The van der Waals surface area contributed by atoms with E-state index in [1.165, 1.54) is 18.3 Å². The summed E-state index contributed by atoms with van der Waals surface area (Å²) in [6.45, 7) is 0.409.